The fraction of sp³-hybridized carbons (Fsp3) is 0.533. The molecule has 1 saturated heterocycles. The highest BCUT2D eigenvalue weighted by molar-refractivity contribution is 7.17. The Kier molecular flexibility index (Phi) is 3.06. The van der Waals surface area contributed by atoms with Gasteiger partial charge in [-0.1, -0.05) is 12.8 Å². The summed E-state index contributed by atoms with van der Waals surface area (Å²) < 4.78 is 1.01. The van der Waals surface area contributed by atoms with E-state index < -0.39 is 12.0 Å². The number of aromatic nitrogens is 2. The first kappa shape index (κ1) is 13.0. The molecule has 3 heterocycles. The van der Waals surface area contributed by atoms with Gasteiger partial charge in [-0.05, 0) is 36.6 Å². The zero-order valence-electron chi connectivity index (χ0n) is 11.6. The molecular formula is C15H17N3O2S. The van der Waals surface area contributed by atoms with Crippen LogP contribution in [0.25, 0.3) is 10.2 Å². The molecule has 0 bridgehead atoms. The highest BCUT2D eigenvalue weighted by Crippen LogP contribution is 2.43. The summed E-state index contributed by atoms with van der Waals surface area (Å²) in [6.45, 7) is 0. The van der Waals surface area contributed by atoms with Gasteiger partial charge >= 0.3 is 5.97 Å². The molecule has 6 heteroatoms. The van der Waals surface area contributed by atoms with Crippen molar-refractivity contribution in [1.82, 2.24) is 9.97 Å². The molecule has 0 radical (unpaired) electrons. The maximum absolute atomic E-state index is 11.7. The summed E-state index contributed by atoms with van der Waals surface area (Å²) >= 11 is 1.59. The number of carbonyl (C=O) groups is 1. The van der Waals surface area contributed by atoms with Crippen LogP contribution in [0.3, 0.4) is 0 Å². The minimum atomic E-state index is -0.729. The molecule has 2 aromatic heterocycles. The lowest BCUT2D eigenvalue weighted by Gasteiger charge is -2.33. The lowest BCUT2D eigenvalue weighted by molar-refractivity contribution is -0.138. The van der Waals surface area contributed by atoms with Crippen LogP contribution in [0.4, 0.5) is 5.82 Å². The standard InChI is InChI=1S/C15H17N3O2S/c19-15(20)12-7-9-3-1-2-4-11(9)18(12)14-13-10(5-6-21-13)16-8-17-14/h5-6,8-9,11-12H,1-4,7H2,(H,19,20). The monoisotopic (exact) mass is 303 g/mol. The molecule has 2 fully saturated rings. The zero-order valence-corrected chi connectivity index (χ0v) is 12.4. The second-order valence-corrected chi connectivity index (χ2v) is 6.86. The van der Waals surface area contributed by atoms with Crippen molar-refractivity contribution in [2.75, 3.05) is 4.90 Å². The fourth-order valence-electron chi connectivity index (χ4n) is 3.94. The first-order valence-electron chi connectivity index (χ1n) is 7.45. The van der Waals surface area contributed by atoms with E-state index in [0.717, 1.165) is 35.3 Å². The molecule has 0 aromatic carbocycles. The number of aliphatic carboxylic acids is 1. The third-order valence-electron chi connectivity index (χ3n) is 4.84. The smallest absolute Gasteiger partial charge is 0.326 e. The normalized spacial score (nSPS) is 28.8. The Morgan fingerprint density at radius 1 is 1.33 bits per heavy atom. The molecule has 2 aromatic rings. The second kappa shape index (κ2) is 4.94. The van der Waals surface area contributed by atoms with Crippen LogP contribution in [-0.4, -0.2) is 33.1 Å². The number of carboxylic acids is 1. The second-order valence-electron chi connectivity index (χ2n) is 5.94. The highest BCUT2D eigenvalue weighted by Gasteiger charge is 2.46. The Balaban J connectivity index is 1.83. The van der Waals surface area contributed by atoms with Gasteiger partial charge in [0.15, 0.2) is 5.82 Å². The predicted molar refractivity (Wildman–Crippen MR) is 81.7 cm³/mol. The lowest BCUT2D eigenvalue weighted by atomic mass is 9.85. The van der Waals surface area contributed by atoms with E-state index in [2.05, 4.69) is 14.9 Å². The topological polar surface area (TPSA) is 66.3 Å². The summed E-state index contributed by atoms with van der Waals surface area (Å²) in [6.07, 6.45) is 6.92. The largest absolute Gasteiger partial charge is 0.480 e. The van der Waals surface area contributed by atoms with E-state index in [0.29, 0.717) is 12.0 Å². The zero-order chi connectivity index (χ0) is 14.4. The molecule has 1 aliphatic carbocycles. The molecule has 4 rings (SSSR count). The van der Waals surface area contributed by atoms with E-state index in [-0.39, 0.29) is 0 Å². The summed E-state index contributed by atoms with van der Waals surface area (Å²) in [6, 6.07) is 1.84. The van der Waals surface area contributed by atoms with E-state index in [1.165, 1.54) is 12.8 Å². The minimum absolute atomic E-state index is 0.319. The van der Waals surface area contributed by atoms with Crippen molar-refractivity contribution in [3.63, 3.8) is 0 Å². The first-order valence-corrected chi connectivity index (χ1v) is 8.33. The Labute approximate surface area is 126 Å². The number of fused-ring (bicyclic) bond motifs is 2. The van der Waals surface area contributed by atoms with Gasteiger partial charge < -0.3 is 10.0 Å². The molecule has 5 nitrogen and oxygen atoms in total. The van der Waals surface area contributed by atoms with E-state index in [9.17, 15) is 9.90 Å². The molecule has 1 saturated carbocycles. The number of rotatable bonds is 2. The van der Waals surface area contributed by atoms with Crippen LogP contribution in [0.15, 0.2) is 17.8 Å². The van der Waals surface area contributed by atoms with E-state index in [4.69, 9.17) is 0 Å². The van der Waals surface area contributed by atoms with Gasteiger partial charge in [0, 0.05) is 6.04 Å². The third kappa shape index (κ3) is 2.00. The number of nitrogens with zero attached hydrogens (tertiary/aromatic N) is 3. The Hall–Kier alpha value is -1.69. The first-order chi connectivity index (χ1) is 10.3. The van der Waals surface area contributed by atoms with Crippen LogP contribution >= 0.6 is 11.3 Å². The van der Waals surface area contributed by atoms with Gasteiger partial charge in [-0.3, -0.25) is 0 Å². The van der Waals surface area contributed by atoms with Crippen LogP contribution in [0.5, 0.6) is 0 Å². The Morgan fingerprint density at radius 2 is 2.19 bits per heavy atom. The molecule has 3 atom stereocenters. The SMILES string of the molecule is O=C(O)C1CC2CCCCC2N1c1ncnc2ccsc12. The van der Waals surface area contributed by atoms with Crippen molar-refractivity contribution < 1.29 is 9.90 Å². The van der Waals surface area contributed by atoms with Gasteiger partial charge in [0.25, 0.3) is 0 Å². The molecule has 0 spiro atoms. The summed E-state index contributed by atoms with van der Waals surface area (Å²) in [4.78, 5) is 22.5. The van der Waals surface area contributed by atoms with Crippen LogP contribution in [0.2, 0.25) is 0 Å². The number of anilines is 1. The van der Waals surface area contributed by atoms with Crippen LogP contribution < -0.4 is 4.90 Å². The summed E-state index contributed by atoms with van der Waals surface area (Å²) in [5.41, 5.74) is 0.911. The third-order valence-corrected chi connectivity index (χ3v) is 5.74. The van der Waals surface area contributed by atoms with Gasteiger partial charge in [0.05, 0.1) is 10.2 Å². The average molecular weight is 303 g/mol. The van der Waals surface area contributed by atoms with Crippen molar-refractivity contribution in [3.8, 4) is 0 Å². The van der Waals surface area contributed by atoms with Crippen molar-refractivity contribution in [2.45, 2.75) is 44.2 Å². The summed E-state index contributed by atoms with van der Waals surface area (Å²) in [5.74, 6) is 0.578. The van der Waals surface area contributed by atoms with E-state index >= 15 is 0 Å². The molecule has 21 heavy (non-hydrogen) atoms. The number of hydrogen-bond acceptors (Lipinski definition) is 5. The van der Waals surface area contributed by atoms with Crippen molar-refractivity contribution in [3.05, 3.63) is 17.8 Å². The van der Waals surface area contributed by atoms with Crippen molar-refractivity contribution >= 4 is 33.3 Å². The highest BCUT2D eigenvalue weighted by atomic mass is 32.1. The quantitative estimate of drug-likeness (QED) is 0.924. The predicted octanol–water partition coefficient (Wildman–Crippen LogP) is 2.91. The van der Waals surface area contributed by atoms with Gasteiger partial charge in [-0.2, -0.15) is 0 Å². The number of hydrogen-bond donors (Lipinski definition) is 1. The lowest BCUT2D eigenvalue weighted by Crippen LogP contribution is -2.43. The van der Waals surface area contributed by atoms with Gasteiger partial charge in [-0.15, -0.1) is 11.3 Å². The molecule has 3 unspecified atom stereocenters. The average Bonchev–Trinajstić information content (AvgIpc) is 3.11. The summed E-state index contributed by atoms with van der Waals surface area (Å²) in [5, 5.41) is 11.6. The van der Waals surface area contributed by atoms with E-state index in [1.54, 1.807) is 17.7 Å². The molecule has 110 valence electrons. The van der Waals surface area contributed by atoms with Crippen molar-refractivity contribution in [2.24, 2.45) is 5.92 Å². The van der Waals surface area contributed by atoms with Gasteiger partial charge in [0.1, 0.15) is 12.4 Å². The summed E-state index contributed by atoms with van der Waals surface area (Å²) in [7, 11) is 0. The molecular weight excluding hydrogens is 286 g/mol. The minimum Gasteiger partial charge on any atom is -0.480 e. The van der Waals surface area contributed by atoms with E-state index in [1.807, 2.05) is 11.4 Å². The Morgan fingerprint density at radius 3 is 3.05 bits per heavy atom. The fourth-order valence-corrected chi connectivity index (χ4v) is 4.78. The van der Waals surface area contributed by atoms with Crippen LogP contribution in [-0.2, 0) is 4.79 Å². The van der Waals surface area contributed by atoms with Crippen LogP contribution in [0, 0.1) is 5.92 Å². The molecule has 2 aliphatic rings. The molecule has 0 amide bonds. The van der Waals surface area contributed by atoms with Gasteiger partial charge in [0.2, 0.25) is 0 Å². The van der Waals surface area contributed by atoms with Gasteiger partial charge in [-0.25, -0.2) is 14.8 Å². The maximum atomic E-state index is 11.7. The Bertz CT molecular complexity index is 686. The molecule has 1 N–H and O–H groups in total. The number of carboxylic acid groups (broad SMARTS) is 1. The number of thiophene rings is 1. The maximum Gasteiger partial charge on any atom is 0.326 e. The molecule has 1 aliphatic heterocycles. The van der Waals surface area contributed by atoms with Crippen LogP contribution in [0.1, 0.15) is 32.1 Å². The van der Waals surface area contributed by atoms with Crippen molar-refractivity contribution in [1.29, 1.82) is 0 Å².